The lowest BCUT2D eigenvalue weighted by Crippen LogP contribution is -2.21. The van der Waals surface area contributed by atoms with E-state index in [1.165, 1.54) is 48.3 Å². The summed E-state index contributed by atoms with van der Waals surface area (Å²) in [4.78, 5) is 4.95. The van der Waals surface area contributed by atoms with Gasteiger partial charge in [0.15, 0.2) is 5.17 Å². The second kappa shape index (κ2) is 4.61. The van der Waals surface area contributed by atoms with Gasteiger partial charge < -0.3 is 5.32 Å². The van der Waals surface area contributed by atoms with Gasteiger partial charge in [0, 0.05) is 11.4 Å². The SMILES string of the molecule is Cc1ccc(NC2=NC3(CCCC3)CS2)c(C)c1. The van der Waals surface area contributed by atoms with Crippen molar-refractivity contribution in [2.24, 2.45) is 4.99 Å². The van der Waals surface area contributed by atoms with Crippen LogP contribution in [0.1, 0.15) is 36.8 Å². The summed E-state index contributed by atoms with van der Waals surface area (Å²) in [6, 6.07) is 6.53. The van der Waals surface area contributed by atoms with E-state index in [4.69, 9.17) is 4.99 Å². The van der Waals surface area contributed by atoms with E-state index in [0.29, 0.717) is 0 Å². The summed E-state index contributed by atoms with van der Waals surface area (Å²) < 4.78 is 0. The summed E-state index contributed by atoms with van der Waals surface area (Å²) in [6.07, 6.45) is 5.25. The number of hydrogen-bond acceptors (Lipinski definition) is 3. The average molecular weight is 260 g/mol. The third-order valence-corrected chi connectivity index (χ3v) is 5.12. The molecular formula is C15H20N2S. The molecule has 0 radical (unpaired) electrons. The summed E-state index contributed by atoms with van der Waals surface area (Å²) in [6.45, 7) is 4.28. The normalized spacial score (nSPS) is 21.3. The van der Waals surface area contributed by atoms with Crippen LogP contribution in [0.25, 0.3) is 0 Å². The van der Waals surface area contributed by atoms with Gasteiger partial charge in [-0.2, -0.15) is 0 Å². The Hall–Kier alpha value is -0.960. The van der Waals surface area contributed by atoms with E-state index in [0.717, 1.165) is 5.17 Å². The van der Waals surface area contributed by atoms with Crippen molar-refractivity contribution in [1.82, 2.24) is 0 Å². The molecule has 96 valence electrons. The minimum Gasteiger partial charge on any atom is -0.335 e. The molecule has 0 aromatic heterocycles. The number of benzene rings is 1. The highest BCUT2D eigenvalue weighted by Crippen LogP contribution is 2.41. The molecule has 0 amide bonds. The lowest BCUT2D eigenvalue weighted by atomic mass is 10.0. The van der Waals surface area contributed by atoms with Crippen LogP contribution in [0.3, 0.4) is 0 Å². The molecule has 0 saturated heterocycles. The molecule has 1 aromatic carbocycles. The van der Waals surface area contributed by atoms with Gasteiger partial charge in [0.05, 0.1) is 5.54 Å². The maximum absolute atomic E-state index is 4.95. The van der Waals surface area contributed by atoms with Crippen molar-refractivity contribution in [3.05, 3.63) is 29.3 Å². The molecule has 0 bridgehead atoms. The molecule has 1 aliphatic heterocycles. The average Bonchev–Trinajstić information content (AvgIpc) is 2.94. The smallest absolute Gasteiger partial charge is 0.161 e. The Morgan fingerprint density at radius 3 is 2.72 bits per heavy atom. The van der Waals surface area contributed by atoms with Gasteiger partial charge >= 0.3 is 0 Å². The molecule has 2 nitrogen and oxygen atoms in total. The highest BCUT2D eigenvalue weighted by atomic mass is 32.2. The first-order valence-corrected chi connectivity index (χ1v) is 7.72. The summed E-state index contributed by atoms with van der Waals surface area (Å²) in [5.41, 5.74) is 4.07. The fourth-order valence-electron chi connectivity index (χ4n) is 2.90. The predicted octanol–water partition coefficient (Wildman–Crippen LogP) is 4.13. The Kier molecular flexibility index (Phi) is 3.10. The van der Waals surface area contributed by atoms with E-state index < -0.39 is 0 Å². The van der Waals surface area contributed by atoms with Crippen LogP contribution in [0, 0.1) is 13.8 Å². The van der Waals surface area contributed by atoms with Gasteiger partial charge in [-0.1, -0.05) is 42.3 Å². The molecule has 1 saturated carbocycles. The van der Waals surface area contributed by atoms with E-state index in [-0.39, 0.29) is 5.54 Å². The Balaban J connectivity index is 1.77. The van der Waals surface area contributed by atoms with Crippen molar-refractivity contribution in [1.29, 1.82) is 0 Å². The van der Waals surface area contributed by atoms with E-state index in [2.05, 4.69) is 37.4 Å². The van der Waals surface area contributed by atoms with E-state index in [9.17, 15) is 0 Å². The van der Waals surface area contributed by atoms with Gasteiger partial charge in [-0.3, -0.25) is 4.99 Å². The first-order chi connectivity index (χ1) is 8.67. The molecule has 1 fully saturated rings. The van der Waals surface area contributed by atoms with Crippen molar-refractivity contribution in [3.63, 3.8) is 0 Å². The van der Waals surface area contributed by atoms with Crippen LogP contribution in [0.2, 0.25) is 0 Å². The maximum Gasteiger partial charge on any atom is 0.161 e. The Morgan fingerprint density at radius 2 is 2.00 bits per heavy atom. The van der Waals surface area contributed by atoms with Crippen molar-refractivity contribution >= 4 is 22.6 Å². The first kappa shape index (κ1) is 12.1. The molecule has 2 aliphatic rings. The van der Waals surface area contributed by atoms with E-state index in [1.54, 1.807) is 0 Å². The zero-order valence-electron chi connectivity index (χ0n) is 11.1. The van der Waals surface area contributed by atoms with Crippen molar-refractivity contribution < 1.29 is 0 Å². The molecule has 1 N–H and O–H groups in total. The molecule has 18 heavy (non-hydrogen) atoms. The number of thioether (sulfide) groups is 1. The third-order valence-electron chi connectivity index (χ3n) is 3.97. The fourth-order valence-corrected chi connectivity index (χ4v) is 4.10. The van der Waals surface area contributed by atoms with Crippen LogP contribution >= 0.6 is 11.8 Å². The lowest BCUT2D eigenvalue weighted by molar-refractivity contribution is 0.508. The molecule has 0 atom stereocenters. The number of rotatable bonds is 1. The number of aliphatic imine (C=N–C) groups is 1. The van der Waals surface area contributed by atoms with Crippen LogP contribution < -0.4 is 5.32 Å². The summed E-state index contributed by atoms with van der Waals surface area (Å²) in [7, 11) is 0. The second-order valence-corrected chi connectivity index (χ2v) is 6.54. The van der Waals surface area contributed by atoms with Crippen LogP contribution in [-0.2, 0) is 0 Å². The number of anilines is 1. The van der Waals surface area contributed by atoms with Gasteiger partial charge in [-0.25, -0.2) is 0 Å². The summed E-state index contributed by atoms with van der Waals surface area (Å²) in [5.74, 6) is 1.17. The quantitative estimate of drug-likeness (QED) is 0.821. The van der Waals surface area contributed by atoms with Gasteiger partial charge in [0.1, 0.15) is 0 Å². The number of nitrogens with zero attached hydrogens (tertiary/aromatic N) is 1. The number of hydrogen-bond donors (Lipinski definition) is 1. The molecule has 0 unspecified atom stereocenters. The molecule has 3 heteroatoms. The van der Waals surface area contributed by atoms with Gasteiger partial charge in [-0.15, -0.1) is 0 Å². The molecule has 1 spiro atoms. The number of amidine groups is 1. The van der Waals surface area contributed by atoms with Crippen molar-refractivity contribution in [3.8, 4) is 0 Å². The third kappa shape index (κ3) is 2.28. The zero-order chi connectivity index (χ0) is 12.6. The van der Waals surface area contributed by atoms with Gasteiger partial charge in [0.25, 0.3) is 0 Å². The monoisotopic (exact) mass is 260 g/mol. The minimum absolute atomic E-state index is 0.269. The second-order valence-electron chi connectivity index (χ2n) is 5.58. The minimum atomic E-state index is 0.269. The van der Waals surface area contributed by atoms with Crippen molar-refractivity contribution in [2.75, 3.05) is 11.1 Å². The molecular weight excluding hydrogens is 240 g/mol. The topological polar surface area (TPSA) is 24.4 Å². The lowest BCUT2D eigenvalue weighted by Gasteiger charge is -2.16. The molecule has 3 rings (SSSR count). The van der Waals surface area contributed by atoms with Crippen LogP contribution in [0.15, 0.2) is 23.2 Å². The largest absolute Gasteiger partial charge is 0.335 e. The molecule has 1 aromatic rings. The van der Waals surface area contributed by atoms with E-state index in [1.807, 2.05) is 11.8 Å². The fraction of sp³-hybridized carbons (Fsp3) is 0.533. The number of nitrogens with one attached hydrogen (secondary N) is 1. The van der Waals surface area contributed by atoms with Gasteiger partial charge in [-0.05, 0) is 38.3 Å². The summed E-state index contributed by atoms with van der Waals surface area (Å²) in [5, 5.41) is 4.62. The van der Waals surface area contributed by atoms with Crippen LogP contribution in [-0.4, -0.2) is 16.5 Å². The Labute approximate surface area is 113 Å². The molecule has 1 aliphatic carbocycles. The Bertz CT molecular complexity index is 487. The maximum atomic E-state index is 4.95. The van der Waals surface area contributed by atoms with Crippen LogP contribution in [0.5, 0.6) is 0 Å². The molecule has 1 heterocycles. The van der Waals surface area contributed by atoms with Gasteiger partial charge in [0.2, 0.25) is 0 Å². The van der Waals surface area contributed by atoms with Crippen LogP contribution in [0.4, 0.5) is 5.69 Å². The summed E-state index contributed by atoms with van der Waals surface area (Å²) >= 11 is 1.89. The Morgan fingerprint density at radius 1 is 1.22 bits per heavy atom. The zero-order valence-corrected chi connectivity index (χ0v) is 11.9. The highest BCUT2D eigenvalue weighted by molar-refractivity contribution is 8.14. The highest BCUT2D eigenvalue weighted by Gasteiger charge is 2.38. The number of aryl methyl sites for hydroxylation is 2. The predicted molar refractivity (Wildman–Crippen MR) is 80.6 cm³/mol. The van der Waals surface area contributed by atoms with Crippen molar-refractivity contribution in [2.45, 2.75) is 45.1 Å². The standard InChI is InChI=1S/C15H20N2S/c1-11-5-6-13(12(2)9-11)16-14-17-15(10-18-14)7-3-4-8-15/h5-6,9H,3-4,7-8,10H2,1-2H3,(H,16,17). The van der Waals surface area contributed by atoms with E-state index >= 15 is 0 Å². The first-order valence-electron chi connectivity index (χ1n) is 6.74.